The van der Waals surface area contributed by atoms with E-state index in [-0.39, 0.29) is 12.1 Å². The second kappa shape index (κ2) is 7.71. The van der Waals surface area contributed by atoms with E-state index in [1.165, 1.54) is 0 Å². The average Bonchev–Trinajstić information content (AvgIpc) is 2.48. The summed E-state index contributed by atoms with van der Waals surface area (Å²) in [6.07, 6.45) is 0.686. The summed E-state index contributed by atoms with van der Waals surface area (Å²) in [6.45, 7) is 1.95. The molecule has 0 fully saturated rings. The van der Waals surface area contributed by atoms with Gasteiger partial charge in [-0.15, -0.1) is 0 Å². The molecule has 2 N–H and O–H groups in total. The normalized spacial score (nSPS) is 11.6. The van der Waals surface area contributed by atoms with Crippen LogP contribution in [-0.4, -0.2) is 19.2 Å². The lowest BCUT2D eigenvalue weighted by Gasteiger charge is -2.15. The van der Waals surface area contributed by atoms with E-state index >= 15 is 0 Å². The van der Waals surface area contributed by atoms with Crippen LogP contribution in [0.1, 0.15) is 12.5 Å². The molecule has 0 spiro atoms. The fourth-order valence-corrected chi connectivity index (χ4v) is 2.43. The molecule has 0 heterocycles. The van der Waals surface area contributed by atoms with Gasteiger partial charge in [0.1, 0.15) is 5.75 Å². The molecular formula is C17H19ClN2O2. The van der Waals surface area contributed by atoms with E-state index in [1.807, 2.05) is 55.5 Å². The first-order valence-electron chi connectivity index (χ1n) is 7.03. The number of para-hydroxylation sites is 1. The molecule has 0 saturated heterocycles. The van der Waals surface area contributed by atoms with Crippen molar-refractivity contribution in [3.05, 3.63) is 59.1 Å². The molecule has 0 aliphatic heterocycles. The van der Waals surface area contributed by atoms with Crippen LogP contribution in [-0.2, 0) is 6.42 Å². The highest BCUT2D eigenvalue weighted by Gasteiger charge is 2.09. The molecule has 0 radical (unpaired) electrons. The van der Waals surface area contributed by atoms with Crippen LogP contribution in [0.4, 0.5) is 10.5 Å². The van der Waals surface area contributed by atoms with Crippen LogP contribution in [0.5, 0.6) is 5.75 Å². The average molecular weight is 319 g/mol. The largest absolute Gasteiger partial charge is 0.495 e. The number of amides is 2. The Morgan fingerprint density at radius 2 is 1.95 bits per heavy atom. The quantitative estimate of drug-likeness (QED) is 0.872. The fraction of sp³-hybridized carbons (Fsp3) is 0.235. The first-order valence-corrected chi connectivity index (χ1v) is 7.41. The van der Waals surface area contributed by atoms with E-state index in [0.717, 1.165) is 11.3 Å². The Morgan fingerprint density at radius 3 is 2.59 bits per heavy atom. The maximum atomic E-state index is 11.9. The van der Waals surface area contributed by atoms with Crippen molar-refractivity contribution >= 4 is 23.3 Å². The highest BCUT2D eigenvalue weighted by Crippen LogP contribution is 2.25. The number of carbonyl (C=O) groups excluding carboxylic acids is 1. The molecule has 4 nitrogen and oxygen atoms in total. The molecule has 0 aliphatic rings. The number of carbonyl (C=O) groups is 1. The van der Waals surface area contributed by atoms with Gasteiger partial charge >= 0.3 is 6.03 Å². The topological polar surface area (TPSA) is 50.4 Å². The van der Waals surface area contributed by atoms with Crippen molar-refractivity contribution in [1.82, 2.24) is 5.32 Å². The maximum absolute atomic E-state index is 11.9. The van der Waals surface area contributed by atoms with Crippen molar-refractivity contribution in [2.24, 2.45) is 0 Å². The second-order valence-corrected chi connectivity index (χ2v) is 5.45. The summed E-state index contributed by atoms with van der Waals surface area (Å²) in [7, 11) is 1.58. The predicted octanol–water partition coefficient (Wildman–Crippen LogP) is 4.10. The first kappa shape index (κ1) is 16.2. The Bertz CT molecular complexity index is 632. The summed E-state index contributed by atoms with van der Waals surface area (Å²) >= 11 is 6.10. The molecule has 0 saturated carbocycles. The minimum Gasteiger partial charge on any atom is -0.495 e. The first-order chi connectivity index (χ1) is 10.6. The SMILES string of the molecule is COc1ccc(CC(C)NC(=O)Nc2ccccc2)cc1Cl. The smallest absolute Gasteiger partial charge is 0.319 e. The van der Waals surface area contributed by atoms with E-state index in [0.29, 0.717) is 17.2 Å². The molecule has 1 atom stereocenters. The van der Waals surface area contributed by atoms with E-state index in [4.69, 9.17) is 16.3 Å². The van der Waals surface area contributed by atoms with Crippen LogP contribution in [0.15, 0.2) is 48.5 Å². The Kier molecular flexibility index (Phi) is 5.67. The van der Waals surface area contributed by atoms with Crippen molar-refractivity contribution in [1.29, 1.82) is 0 Å². The Morgan fingerprint density at radius 1 is 1.23 bits per heavy atom. The number of anilines is 1. The van der Waals surface area contributed by atoms with Gasteiger partial charge < -0.3 is 15.4 Å². The number of hydrogen-bond acceptors (Lipinski definition) is 2. The van der Waals surface area contributed by atoms with E-state index in [2.05, 4.69) is 10.6 Å². The standard InChI is InChI=1S/C17H19ClN2O2/c1-12(10-13-8-9-16(22-2)15(18)11-13)19-17(21)20-14-6-4-3-5-7-14/h3-9,11-12H,10H2,1-2H3,(H2,19,20,21). The third-order valence-electron chi connectivity index (χ3n) is 3.17. The summed E-state index contributed by atoms with van der Waals surface area (Å²) in [5.41, 5.74) is 1.80. The summed E-state index contributed by atoms with van der Waals surface area (Å²) in [4.78, 5) is 11.9. The summed E-state index contributed by atoms with van der Waals surface area (Å²) < 4.78 is 5.12. The third-order valence-corrected chi connectivity index (χ3v) is 3.46. The number of urea groups is 1. The molecule has 5 heteroatoms. The second-order valence-electron chi connectivity index (χ2n) is 5.04. The van der Waals surface area contributed by atoms with E-state index < -0.39 is 0 Å². The number of benzene rings is 2. The van der Waals surface area contributed by atoms with Crippen molar-refractivity contribution in [3.63, 3.8) is 0 Å². The zero-order valence-electron chi connectivity index (χ0n) is 12.6. The van der Waals surface area contributed by atoms with Gasteiger partial charge in [-0.25, -0.2) is 4.79 Å². The molecule has 0 aliphatic carbocycles. The van der Waals surface area contributed by atoms with Gasteiger partial charge in [0, 0.05) is 11.7 Å². The minimum absolute atomic E-state index is 0.0202. The highest BCUT2D eigenvalue weighted by molar-refractivity contribution is 6.32. The molecule has 2 aromatic carbocycles. The van der Waals surface area contributed by atoms with Crippen LogP contribution in [0.3, 0.4) is 0 Å². The van der Waals surface area contributed by atoms with E-state index in [9.17, 15) is 4.79 Å². The van der Waals surface area contributed by atoms with Crippen molar-refractivity contribution < 1.29 is 9.53 Å². The molecule has 1 unspecified atom stereocenters. The third kappa shape index (κ3) is 4.67. The van der Waals surface area contributed by atoms with Crippen LogP contribution < -0.4 is 15.4 Å². The highest BCUT2D eigenvalue weighted by atomic mass is 35.5. The molecule has 2 aromatic rings. The lowest BCUT2D eigenvalue weighted by molar-refractivity contribution is 0.249. The molecule has 2 amide bonds. The van der Waals surface area contributed by atoms with Gasteiger partial charge in [-0.2, -0.15) is 0 Å². The van der Waals surface area contributed by atoms with Crippen LogP contribution in [0, 0.1) is 0 Å². The summed E-state index contributed by atoms with van der Waals surface area (Å²) in [5, 5.41) is 6.26. The number of ether oxygens (including phenoxy) is 1. The number of hydrogen-bond donors (Lipinski definition) is 2. The fourth-order valence-electron chi connectivity index (χ4n) is 2.15. The molecular weight excluding hydrogens is 300 g/mol. The van der Waals surface area contributed by atoms with Crippen molar-refractivity contribution in [3.8, 4) is 5.75 Å². The van der Waals surface area contributed by atoms with Gasteiger partial charge in [0.25, 0.3) is 0 Å². The monoisotopic (exact) mass is 318 g/mol. The van der Waals surface area contributed by atoms with Crippen LogP contribution in [0.25, 0.3) is 0 Å². The van der Waals surface area contributed by atoms with Gasteiger partial charge in [-0.1, -0.05) is 35.9 Å². The number of methoxy groups -OCH3 is 1. The zero-order chi connectivity index (χ0) is 15.9. The van der Waals surface area contributed by atoms with Gasteiger partial charge in [0.2, 0.25) is 0 Å². The molecule has 0 bridgehead atoms. The molecule has 116 valence electrons. The van der Waals surface area contributed by atoms with Crippen molar-refractivity contribution in [2.45, 2.75) is 19.4 Å². The number of rotatable bonds is 5. The van der Waals surface area contributed by atoms with Gasteiger partial charge in [-0.3, -0.25) is 0 Å². The Balaban J connectivity index is 1.88. The van der Waals surface area contributed by atoms with Gasteiger partial charge in [-0.05, 0) is 43.2 Å². The lowest BCUT2D eigenvalue weighted by atomic mass is 10.1. The Hall–Kier alpha value is -2.20. The van der Waals surface area contributed by atoms with Crippen LogP contribution >= 0.6 is 11.6 Å². The maximum Gasteiger partial charge on any atom is 0.319 e. The van der Waals surface area contributed by atoms with Crippen molar-refractivity contribution in [2.75, 3.05) is 12.4 Å². The molecule has 22 heavy (non-hydrogen) atoms. The zero-order valence-corrected chi connectivity index (χ0v) is 13.4. The predicted molar refractivity (Wildman–Crippen MR) is 89.8 cm³/mol. The van der Waals surface area contributed by atoms with Gasteiger partial charge in [0.15, 0.2) is 0 Å². The minimum atomic E-state index is -0.224. The van der Waals surface area contributed by atoms with Crippen LogP contribution in [0.2, 0.25) is 5.02 Å². The van der Waals surface area contributed by atoms with E-state index in [1.54, 1.807) is 7.11 Å². The van der Waals surface area contributed by atoms with Gasteiger partial charge in [0.05, 0.1) is 12.1 Å². The molecule has 2 rings (SSSR count). The number of halogens is 1. The lowest BCUT2D eigenvalue weighted by Crippen LogP contribution is -2.37. The Labute approximate surface area is 135 Å². The summed E-state index contributed by atoms with van der Waals surface area (Å²) in [5.74, 6) is 0.646. The summed E-state index contributed by atoms with van der Waals surface area (Å²) in [6, 6.07) is 14.7. The number of nitrogens with one attached hydrogen (secondary N) is 2. The molecule has 0 aromatic heterocycles.